The monoisotopic (exact) mass is 306 g/mol. The van der Waals surface area contributed by atoms with Crippen molar-refractivity contribution < 1.29 is 14.3 Å². The minimum Gasteiger partial charge on any atom is -0.354 e. The highest BCUT2D eigenvalue weighted by Gasteiger charge is 2.53. The quantitative estimate of drug-likeness (QED) is 0.725. The summed E-state index contributed by atoms with van der Waals surface area (Å²) in [4.78, 5) is 25.0. The molecule has 2 aliphatic heterocycles. The van der Waals surface area contributed by atoms with E-state index in [1.165, 1.54) is 19.3 Å². The van der Waals surface area contributed by atoms with Crippen molar-refractivity contribution in [2.24, 2.45) is 17.8 Å². The molecule has 22 heavy (non-hydrogen) atoms. The molecule has 0 spiro atoms. The number of carbonyl (C=O) groups is 2. The largest absolute Gasteiger partial charge is 0.354 e. The number of hydrogen-bond acceptors (Lipinski definition) is 3. The van der Waals surface area contributed by atoms with Crippen molar-refractivity contribution in [1.29, 1.82) is 0 Å². The molecule has 7 nitrogen and oxygen atoms in total. The lowest BCUT2D eigenvalue weighted by Gasteiger charge is -2.56. The molecule has 0 aromatic carbocycles. The van der Waals surface area contributed by atoms with Crippen molar-refractivity contribution in [3.05, 3.63) is 0 Å². The van der Waals surface area contributed by atoms with Gasteiger partial charge >= 0.3 is 12.1 Å². The third-order valence-corrected chi connectivity index (χ3v) is 6.25. The summed E-state index contributed by atoms with van der Waals surface area (Å²) in [5.74, 6) is 2.46. The fourth-order valence-corrected chi connectivity index (χ4v) is 5.75. The number of hydrogen-bond donors (Lipinski definition) is 3. The molecule has 6 fully saturated rings. The Labute approximate surface area is 129 Å². The van der Waals surface area contributed by atoms with Gasteiger partial charge in [-0.05, 0) is 56.3 Å². The van der Waals surface area contributed by atoms with Gasteiger partial charge in [-0.1, -0.05) is 0 Å². The fourth-order valence-electron chi connectivity index (χ4n) is 5.75. The number of carbonyl (C=O) groups excluding carboxylic acids is 2. The summed E-state index contributed by atoms with van der Waals surface area (Å²) in [6.07, 6.45) is 6.87. The van der Waals surface area contributed by atoms with Crippen LogP contribution in [0.1, 0.15) is 38.5 Å². The van der Waals surface area contributed by atoms with E-state index in [9.17, 15) is 9.59 Å². The van der Waals surface area contributed by atoms with Gasteiger partial charge in [-0.25, -0.2) is 9.59 Å². The molecular weight excluding hydrogens is 284 g/mol. The Hall–Kier alpha value is -1.50. The van der Waals surface area contributed by atoms with E-state index in [1.54, 1.807) is 4.90 Å². The molecule has 4 bridgehead atoms. The zero-order chi connectivity index (χ0) is 14.9. The highest BCUT2D eigenvalue weighted by Crippen LogP contribution is 2.57. The normalized spacial score (nSPS) is 48.2. The predicted octanol–water partition coefficient (Wildman–Crippen LogP) is 0.919. The van der Waals surface area contributed by atoms with Crippen molar-refractivity contribution in [1.82, 2.24) is 20.9 Å². The number of fused-ring (bicyclic) bond motifs is 1. The van der Waals surface area contributed by atoms with E-state index >= 15 is 0 Å². The first kappa shape index (κ1) is 13.0. The second-order valence-electron chi connectivity index (χ2n) is 7.83. The van der Waals surface area contributed by atoms with E-state index in [0.29, 0.717) is 0 Å². The molecule has 2 unspecified atom stereocenters. The molecule has 6 rings (SSSR count). The lowest BCUT2D eigenvalue weighted by molar-refractivity contribution is -0.180. The summed E-state index contributed by atoms with van der Waals surface area (Å²) in [7, 11) is 0. The number of nitrogens with one attached hydrogen (secondary N) is 3. The third kappa shape index (κ3) is 1.84. The van der Waals surface area contributed by atoms with Gasteiger partial charge in [0, 0.05) is 0 Å². The zero-order valence-corrected chi connectivity index (χ0v) is 12.5. The van der Waals surface area contributed by atoms with E-state index in [0.717, 1.165) is 37.0 Å². The standard InChI is InChI=1S/C15H22N4O3/c20-13-16-11-12(18-13)19(14(21)17-11)7-22-15-4-8-1-9(5-15)3-10(2-8)6-15/h8-12H,1-7H2,(H,17,21)(H2,16,18,20). The van der Waals surface area contributed by atoms with Crippen LogP contribution in [0, 0.1) is 17.8 Å². The second kappa shape index (κ2) is 4.28. The molecule has 6 aliphatic rings. The van der Waals surface area contributed by atoms with Crippen LogP contribution in [0.3, 0.4) is 0 Å². The van der Waals surface area contributed by atoms with Gasteiger partial charge in [-0.15, -0.1) is 0 Å². The van der Waals surface area contributed by atoms with Crippen LogP contribution in [0.25, 0.3) is 0 Å². The molecule has 4 amide bonds. The summed E-state index contributed by atoms with van der Waals surface area (Å²) < 4.78 is 6.33. The number of amides is 4. The molecule has 120 valence electrons. The SMILES string of the molecule is O=C1NC2NC(=O)N(COC34CC5CC(CC(C5)C3)C4)C2N1. The third-order valence-electron chi connectivity index (χ3n) is 6.25. The lowest BCUT2D eigenvalue weighted by Crippen LogP contribution is -2.54. The Balaban J connectivity index is 1.29. The van der Waals surface area contributed by atoms with Gasteiger partial charge in [0.25, 0.3) is 0 Å². The summed E-state index contributed by atoms with van der Waals surface area (Å²) >= 11 is 0. The minimum absolute atomic E-state index is 0.0246. The van der Waals surface area contributed by atoms with Crippen LogP contribution in [0.2, 0.25) is 0 Å². The zero-order valence-electron chi connectivity index (χ0n) is 12.5. The second-order valence-corrected chi connectivity index (χ2v) is 7.83. The molecule has 0 aromatic rings. The maximum Gasteiger partial charge on any atom is 0.322 e. The van der Waals surface area contributed by atoms with Crippen molar-refractivity contribution in [3.63, 3.8) is 0 Å². The van der Waals surface area contributed by atoms with Crippen molar-refractivity contribution >= 4 is 12.1 Å². The summed E-state index contributed by atoms with van der Waals surface area (Å²) in [5, 5.41) is 8.23. The van der Waals surface area contributed by atoms with Gasteiger partial charge in [-0.2, -0.15) is 0 Å². The first-order valence-electron chi connectivity index (χ1n) is 8.38. The molecule has 0 radical (unpaired) electrons. The van der Waals surface area contributed by atoms with Gasteiger partial charge in [0.15, 0.2) is 0 Å². The number of ether oxygens (including phenoxy) is 1. The molecular formula is C15H22N4O3. The highest BCUT2D eigenvalue weighted by molar-refractivity contribution is 5.84. The molecule has 2 saturated heterocycles. The Morgan fingerprint density at radius 3 is 2.27 bits per heavy atom. The van der Waals surface area contributed by atoms with E-state index in [1.807, 2.05) is 0 Å². The number of rotatable bonds is 3. The van der Waals surface area contributed by atoms with Crippen LogP contribution in [0.5, 0.6) is 0 Å². The van der Waals surface area contributed by atoms with E-state index in [-0.39, 0.29) is 36.7 Å². The fraction of sp³-hybridized carbons (Fsp3) is 0.867. The molecule has 4 aliphatic carbocycles. The van der Waals surface area contributed by atoms with Crippen molar-refractivity contribution in [3.8, 4) is 0 Å². The van der Waals surface area contributed by atoms with Gasteiger partial charge in [0.1, 0.15) is 19.1 Å². The molecule has 2 heterocycles. The number of nitrogens with zero attached hydrogens (tertiary/aromatic N) is 1. The predicted molar refractivity (Wildman–Crippen MR) is 76.5 cm³/mol. The molecule has 7 heteroatoms. The maximum atomic E-state index is 12.1. The first-order valence-corrected chi connectivity index (χ1v) is 8.38. The van der Waals surface area contributed by atoms with Crippen LogP contribution in [-0.2, 0) is 4.74 Å². The average molecular weight is 306 g/mol. The van der Waals surface area contributed by atoms with Gasteiger partial charge in [0.2, 0.25) is 0 Å². The molecule has 4 saturated carbocycles. The van der Waals surface area contributed by atoms with Gasteiger partial charge < -0.3 is 20.7 Å². The Morgan fingerprint density at radius 1 is 1.00 bits per heavy atom. The summed E-state index contributed by atoms with van der Waals surface area (Å²) in [6.45, 7) is 0.265. The minimum atomic E-state index is -0.347. The van der Waals surface area contributed by atoms with Gasteiger partial charge in [-0.3, -0.25) is 4.90 Å². The van der Waals surface area contributed by atoms with Crippen molar-refractivity contribution in [2.75, 3.05) is 6.73 Å². The first-order chi connectivity index (χ1) is 10.6. The summed E-state index contributed by atoms with van der Waals surface area (Å²) in [5.41, 5.74) is -0.0246. The lowest BCUT2D eigenvalue weighted by atomic mass is 9.54. The highest BCUT2D eigenvalue weighted by atomic mass is 16.5. The summed E-state index contributed by atoms with van der Waals surface area (Å²) in [6, 6.07) is -0.415. The maximum absolute atomic E-state index is 12.1. The van der Waals surface area contributed by atoms with Crippen LogP contribution in [0.15, 0.2) is 0 Å². The topological polar surface area (TPSA) is 82.7 Å². The Kier molecular flexibility index (Phi) is 2.52. The smallest absolute Gasteiger partial charge is 0.322 e. The van der Waals surface area contributed by atoms with Gasteiger partial charge in [0.05, 0.1) is 5.60 Å². The van der Waals surface area contributed by atoms with E-state index < -0.39 is 0 Å². The number of urea groups is 2. The molecule has 2 atom stereocenters. The Morgan fingerprint density at radius 2 is 1.64 bits per heavy atom. The molecule has 3 N–H and O–H groups in total. The Bertz CT molecular complexity index is 502. The van der Waals surface area contributed by atoms with Crippen LogP contribution < -0.4 is 16.0 Å². The van der Waals surface area contributed by atoms with Crippen LogP contribution in [-0.4, -0.2) is 41.6 Å². The average Bonchev–Trinajstić information content (AvgIpc) is 2.90. The van der Waals surface area contributed by atoms with E-state index in [4.69, 9.17) is 4.74 Å². The van der Waals surface area contributed by atoms with Crippen LogP contribution >= 0.6 is 0 Å². The van der Waals surface area contributed by atoms with Crippen molar-refractivity contribution in [2.45, 2.75) is 56.5 Å². The van der Waals surface area contributed by atoms with Crippen LogP contribution in [0.4, 0.5) is 9.59 Å². The molecule has 0 aromatic heterocycles. The van der Waals surface area contributed by atoms with E-state index in [2.05, 4.69) is 16.0 Å².